The zero-order valence-corrected chi connectivity index (χ0v) is 11.7. The van der Waals surface area contributed by atoms with Gasteiger partial charge in [0.1, 0.15) is 6.04 Å². The maximum absolute atomic E-state index is 11.5. The van der Waals surface area contributed by atoms with Crippen molar-refractivity contribution in [1.82, 2.24) is 16.0 Å². The van der Waals surface area contributed by atoms with Gasteiger partial charge in [0.25, 0.3) is 0 Å². The Morgan fingerprint density at radius 2 is 1.90 bits per heavy atom. The molecule has 5 N–H and O–H groups in total. The van der Waals surface area contributed by atoms with Gasteiger partial charge in [0.15, 0.2) is 5.60 Å². The molecule has 0 saturated carbocycles. The van der Waals surface area contributed by atoms with Crippen molar-refractivity contribution in [2.24, 2.45) is 0 Å². The molecule has 2 atom stereocenters. The minimum absolute atomic E-state index is 0.316. The molecular formula is C11H21N3O6. The minimum atomic E-state index is -2.07. The summed E-state index contributed by atoms with van der Waals surface area (Å²) in [5.74, 6) is -1.86. The molecule has 0 aromatic carbocycles. The summed E-state index contributed by atoms with van der Waals surface area (Å²) in [4.78, 5) is 33.5. The zero-order valence-electron chi connectivity index (χ0n) is 11.7. The van der Waals surface area contributed by atoms with Gasteiger partial charge in [-0.2, -0.15) is 0 Å². The average Bonchev–Trinajstić information content (AvgIpc) is 2.36. The molecule has 0 fully saturated rings. The zero-order chi connectivity index (χ0) is 15.8. The number of carboxylic acid groups (broad SMARTS) is 1. The molecule has 2 unspecified atom stereocenters. The van der Waals surface area contributed by atoms with E-state index < -0.39 is 36.1 Å². The normalized spacial score (nSPS) is 14.8. The van der Waals surface area contributed by atoms with Gasteiger partial charge < -0.3 is 30.9 Å². The number of carbonyl (C=O) groups excluding carboxylic acids is 2. The van der Waals surface area contributed by atoms with Crippen LogP contribution in [0.15, 0.2) is 0 Å². The van der Waals surface area contributed by atoms with Gasteiger partial charge in [0, 0.05) is 13.7 Å². The van der Waals surface area contributed by atoms with E-state index in [-0.39, 0.29) is 0 Å². The van der Waals surface area contributed by atoms with Gasteiger partial charge in [-0.15, -0.1) is 0 Å². The summed E-state index contributed by atoms with van der Waals surface area (Å²) < 4.78 is 4.75. The molecule has 0 saturated heterocycles. The van der Waals surface area contributed by atoms with Crippen LogP contribution in [0.2, 0.25) is 0 Å². The number of rotatable bonds is 8. The van der Waals surface area contributed by atoms with Crippen molar-refractivity contribution in [3.63, 3.8) is 0 Å². The Morgan fingerprint density at radius 3 is 2.40 bits per heavy atom. The van der Waals surface area contributed by atoms with Crippen molar-refractivity contribution >= 4 is 17.9 Å². The van der Waals surface area contributed by atoms with Gasteiger partial charge in [-0.1, -0.05) is 0 Å². The van der Waals surface area contributed by atoms with E-state index in [1.807, 2.05) is 0 Å². The molecule has 0 aliphatic rings. The number of urea groups is 1. The van der Waals surface area contributed by atoms with E-state index >= 15 is 0 Å². The summed E-state index contributed by atoms with van der Waals surface area (Å²) in [6.07, 6.45) is 0. The van der Waals surface area contributed by atoms with Crippen LogP contribution in [0, 0.1) is 0 Å². The van der Waals surface area contributed by atoms with E-state index in [2.05, 4.69) is 16.0 Å². The average molecular weight is 291 g/mol. The van der Waals surface area contributed by atoms with Gasteiger partial charge >= 0.3 is 12.0 Å². The Labute approximate surface area is 116 Å². The number of hydrogen-bond acceptors (Lipinski definition) is 5. The van der Waals surface area contributed by atoms with E-state index in [1.165, 1.54) is 14.0 Å². The fraction of sp³-hybridized carbons (Fsp3) is 0.727. The fourth-order valence-electron chi connectivity index (χ4n) is 1.07. The Kier molecular flexibility index (Phi) is 7.55. The lowest BCUT2D eigenvalue weighted by molar-refractivity contribution is -0.155. The van der Waals surface area contributed by atoms with Gasteiger partial charge in [-0.3, -0.25) is 4.79 Å². The highest BCUT2D eigenvalue weighted by Crippen LogP contribution is 2.00. The van der Waals surface area contributed by atoms with Gasteiger partial charge in [-0.25, -0.2) is 9.59 Å². The van der Waals surface area contributed by atoms with Crippen LogP contribution in [-0.2, 0) is 14.3 Å². The van der Waals surface area contributed by atoms with Crippen molar-refractivity contribution in [3.05, 3.63) is 0 Å². The molecule has 0 aromatic rings. The summed E-state index contributed by atoms with van der Waals surface area (Å²) in [5, 5.41) is 25.1. The first-order valence-corrected chi connectivity index (χ1v) is 5.97. The van der Waals surface area contributed by atoms with Gasteiger partial charge in [0.05, 0.1) is 13.2 Å². The third-order valence-corrected chi connectivity index (χ3v) is 2.40. The summed E-state index contributed by atoms with van der Waals surface area (Å²) >= 11 is 0. The van der Waals surface area contributed by atoms with Crippen LogP contribution in [0.4, 0.5) is 4.79 Å². The Morgan fingerprint density at radius 1 is 1.30 bits per heavy atom. The number of carboxylic acids is 1. The first-order valence-electron chi connectivity index (χ1n) is 5.97. The number of aliphatic hydroxyl groups is 1. The van der Waals surface area contributed by atoms with Crippen LogP contribution in [0.3, 0.4) is 0 Å². The molecule has 0 aliphatic heterocycles. The second-order valence-electron chi connectivity index (χ2n) is 4.41. The van der Waals surface area contributed by atoms with Crippen LogP contribution in [0.25, 0.3) is 0 Å². The van der Waals surface area contributed by atoms with Crippen molar-refractivity contribution < 1.29 is 29.3 Å². The van der Waals surface area contributed by atoms with Crippen molar-refractivity contribution in [2.75, 3.05) is 26.8 Å². The number of nitrogens with one attached hydrogen (secondary N) is 3. The Bertz CT molecular complexity index is 358. The first-order chi connectivity index (χ1) is 9.20. The summed E-state index contributed by atoms with van der Waals surface area (Å²) in [6, 6.07) is -1.55. The van der Waals surface area contributed by atoms with Crippen LogP contribution in [0.1, 0.15) is 13.8 Å². The second-order valence-corrected chi connectivity index (χ2v) is 4.41. The molecule has 0 radical (unpaired) electrons. The molecule has 9 heteroatoms. The SMILES string of the molecule is COCCNC(=O)C(C)NC(=O)NCC(C)(O)C(=O)O. The lowest BCUT2D eigenvalue weighted by atomic mass is 10.1. The largest absolute Gasteiger partial charge is 0.479 e. The van der Waals surface area contributed by atoms with Crippen molar-refractivity contribution in [3.8, 4) is 0 Å². The summed E-state index contributed by atoms with van der Waals surface area (Å²) in [5.41, 5.74) is -2.07. The molecule has 0 rings (SSSR count). The van der Waals surface area contributed by atoms with E-state index in [1.54, 1.807) is 0 Å². The number of ether oxygens (including phenoxy) is 1. The minimum Gasteiger partial charge on any atom is -0.479 e. The van der Waals surface area contributed by atoms with Crippen molar-refractivity contribution in [2.45, 2.75) is 25.5 Å². The third kappa shape index (κ3) is 6.90. The van der Waals surface area contributed by atoms with E-state index in [0.717, 1.165) is 6.92 Å². The van der Waals surface area contributed by atoms with Crippen molar-refractivity contribution in [1.29, 1.82) is 0 Å². The molecule has 20 heavy (non-hydrogen) atoms. The first kappa shape index (κ1) is 18.1. The summed E-state index contributed by atoms with van der Waals surface area (Å²) in [7, 11) is 1.50. The molecule has 9 nitrogen and oxygen atoms in total. The Balaban J connectivity index is 4.08. The summed E-state index contributed by atoms with van der Waals surface area (Å²) in [6.45, 7) is 2.71. The highest BCUT2D eigenvalue weighted by atomic mass is 16.5. The number of carbonyl (C=O) groups is 3. The molecular weight excluding hydrogens is 270 g/mol. The smallest absolute Gasteiger partial charge is 0.337 e. The quantitative estimate of drug-likeness (QED) is 0.337. The molecule has 0 bridgehead atoms. The molecule has 0 aliphatic carbocycles. The van der Waals surface area contributed by atoms with Gasteiger partial charge in [-0.05, 0) is 13.8 Å². The van der Waals surface area contributed by atoms with E-state index in [0.29, 0.717) is 13.2 Å². The predicted molar refractivity (Wildman–Crippen MR) is 69.1 cm³/mol. The van der Waals surface area contributed by atoms with E-state index in [4.69, 9.17) is 9.84 Å². The van der Waals surface area contributed by atoms with Crippen LogP contribution in [-0.4, -0.2) is 66.6 Å². The Hall–Kier alpha value is -1.87. The number of aliphatic carboxylic acids is 1. The maximum atomic E-state index is 11.5. The van der Waals surface area contributed by atoms with E-state index in [9.17, 15) is 19.5 Å². The van der Waals surface area contributed by atoms with Crippen LogP contribution >= 0.6 is 0 Å². The molecule has 3 amide bonds. The molecule has 0 spiro atoms. The molecule has 116 valence electrons. The lowest BCUT2D eigenvalue weighted by Crippen LogP contribution is -2.53. The number of methoxy groups -OCH3 is 1. The van der Waals surface area contributed by atoms with Crippen LogP contribution in [0.5, 0.6) is 0 Å². The lowest BCUT2D eigenvalue weighted by Gasteiger charge is -2.20. The number of amides is 3. The monoisotopic (exact) mass is 291 g/mol. The van der Waals surface area contributed by atoms with Crippen LogP contribution < -0.4 is 16.0 Å². The highest BCUT2D eigenvalue weighted by Gasteiger charge is 2.30. The fourth-order valence-corrected chi connectivity index (χ4v) is 1.07. The standard InChI is InChI=1S/C11H21N3O6/c1-7(8(15)12-4-5-20-3)14-10(18)13-6-11(2,19)9(16)17/h7,19H,4-6H2,1-3H3,(H,12,15)(H,16,17)(H2,13,14,18). The number of hydrogen-bond donors (Lipinski definition) is 5. The highest BCUT2D eigenvalue weighted by molar-refractivity contribution is 5.87. The third-order valence-electron chi connectivity index (χ3n) is 2.40. The van der Waals surface area contributed by atoms with Gasteiger partial charge in [0.2, 0.25) is 5.91 Å². The molecule has 0 aromatic heterocycles. The topological polar surface area (TPSA) is 137 Å². The predicted octanol–water partition coefficient (Wildman–Crippen LogP) is -1.73. The maximum Gasteiger partial charge on any atom is 0.337 e. The molecule has 0 heterocycles. The second kappa shape index (κ2) is 8.33.